The maximum absolute atomic E-state index is 10.9. The zero-order chi connectivity index (χ0) is 13.5. The zero-order valence-electron chi connectivity index (χ0n) is 10.1. The number of hydrogen-bond acceptors (Lipinski definition) is 5. The molecular formula is C10H14ClN5O2. The molecule has 0 saturated carbocycles. The molecule has 2 heterocycles. The summed E-state index contributed by atoms with van der Waals surface area (Å²) < 4.78 is 0. The molecule has 0 atom stereocenters. The van der Waals surface area contributed by atoms with Gasteiger partial charge in [-0.15, -0.1) is 0 Å². The number of hydrogen-bond donors (Lipinski definition) is 2. The number of carboxylic acid groups (broad SMARTS) is 1. The largest absolute Gasteiger partial charge is 0.465 e. The van der Waals surface area contributed by atoms with Gasteiger partial charge >= 0.3 is 6.09 Å². The van der Waals surface area contributed by atoms with Gasteiger partial charge < -0.3 is 20.6 Å². The lowest BCUT2D eigenvalue weighted by atomic mass is 9.91. The highest BCUT2D eigenvalue weighted by Crippen LogP contribution is 2.31. The first-order valence-corrected chi connectivity index (χ1v) is 5.71. The number of aromatic nitrogens is 2. The number of rotatable bonds is 2. The molecule has 0 spiro atoms. The number of carbonyl (C=O) groups is 1. The van der Waals surface area contributed by atoms with Gasteiger partial charge in [-0.25, -0.2) is 9.78 Å². The Bertz CT molecular complexity index is 469. The average molecular weight is 272 g/mol. The molecule has 98 valence electrons. The van der Waals surface area contributed by atoms with Crippen LogP contribution >= 0.6 is 11.6 Å². The van der Waals surface area contributed by atoms with Gasteiger partial charge in [0.25, 0.3) is 0 Å². The Morgan fingerprint density at radius 3 is 2.72 bits per heavy atom. The van der Waals surface area contributed by atoms with Crippen LogP contribution in [-0.4, -0.2) is 51.7 Å². The number of likely N-dealkylation sites (N-methyl/N-ethyl adjacent to an activating group) is 1. The second kappa shape index (κ2) is 4.16. The van der Waals surface area contributed by atoms with Crippen LogP contribution in [0.25, 0.3) is 0 Å². The van der Waals surface area contributed by atoms with Crippen LogP contribution in [0, 0.1) is 0 Å². The third kappa shape index (κ3) is 2.13. The van der Waals surface area contributed by atoms with Crippen molar-refractivity contribution in [3.63, 3.8) is 0 Å². The van der Waals surface area contributed by atoms with Crippen molar-refractivity contribution in [2.24, 2.45) is 0 Å². The fraction of sp³-hybridized carbons (Fsp3) is 0.500. The summed E-state index contributed by atoms with van der Waals surface area (Å²) in [6.45, 7) is 2.97. The normalized spacial score (nSPS) is 17.2. The summed E-state index contributed by atoms with van der Waals surface area (Å²) in [5.41, 5.74) is 5.10. The minimum Gasteiger partial charge on any atom is -0.465 e. The summed E-state index contributed by atoms with van der Waals surface area (Å²) in [6, 6.07) is 1.61. The molecule has 8 heteroatoms. The first kappa shape index (κ1) is 12.7. The van der Waals surface area contributed by atoms with Gasteiger partial charge in [0.15, 0.2) is 0 Å². The highest BCUT2D eigenvalue weighted by atomic mass is 35.5. The van der Waals surface area contributed by atoms with E-state index in [1.165, 1.54) is 4.90 Å². The molecule has 1 aromatic heterocycles. The lowest BCUT2D eigenvalue weighted by molar-refractivity contribution is 0.0846. The quantitative estimate of drug-likeness (QED) is 0.776. The van der Waals surface area contributed by atoms with Crippen LogP contribution in [0.15, 0.2) is 6.07 Å². The van der Waals surface area contributed by atoms with E-state index >= 15 is 0 Å². The van der Waals surface area contributed by atoms with Gasteiger partial charge in [-0.1, -0.05) is 11.6 Å². The molecule has 1 aliphatic heterocycles. The molecule has 0 bridgehead atoms. The number of nitrogens with zero attached hydrogens (tertiary/aromatic N) is 4. The molecule has 0 aliphatic carbocycles. The Balaban J connectivity index is 2.10. The molecule has 0 aromatic carbocycles. The van der Waals surface area contributed by atoms with Crippen LogP contribution < -0.4 is 10.6 Å². The van der Waals surface area contributed by atoms with E-state index in [2.05, 4.69) is 9.97 Å². The summed E-state index contributed by atoms with van der Waals surface area (Å²) >= 11 is 5.80. The van der Waals surface area contributed by atoms with Crippen LogP contribution in [0.1, 0.15) is 6.92 Å². The molecule has 1 saturated heterocycles. The topological polar surface area (TPSA) is 95.6 Å². The lowest BCUT2D eigenvalue weighted by Crippen LogP contribution is -2.69. The predicted molar refractivity (Wildman–Crippen MR) is 67.9 cm³/mol. The molecule has 18 heavy (non-hydrogen) atoms. The van der Waals surface area contributed by atoms with Gasteiger partial charge in [0.1, 0.15) is 11.0 Å². The predicted octanol–water partition coefficient (Wildman–Crippen LogP) is 0.901. The van der Waals surface area contributed by atoms with E-state index in [-0.39, 0.29) is 11.1 Å². The molecule has 1 fully saturated rings. The van der Waals surface area contributed by atoms with E-state index in [4.69, 9.17) is 22.4 Å². The first-order chi connectivity index (χ1) is 8.32. The monoisotopic (exact) mass is 271 g/mol. The van der Waals surface area contributed by atoms with Gasteiger partial charge in [-0.2, -0.15) is 4.98 Å². The van der Waals surface area contributed by atoms with Crippen molar-refractivity contribution >= 4 is 29.5 Å². The number of nitrogens with two attached hydrogens (primary N) is 1. The third-order valence-electron chi connectivity index (χ3n) is 3.18. The number of amides is 1. The number of nitrogen functional groups attached to an aromatic ring is 1. The summed E-state index contributed by atoms with van der Waals surface area (Å²) in [4.78, 5) is 22.0. The zero-order valence-corrected chi connectivity index (χ0v) is 10.8. The van der Waals surface area contributed by atoms with Crippen LogP contribution in [-0.2, 0) is 0 Å². The highest BCUT2D eigenvalue weighted by Gasteiger charge is 2.44. The van der Waals surface area contributed by atoms with E-state index in [0.29, 0.717) is 18.9 Å². The highest BCUT2D eigenvalue weighted by molar-refractivity contribution is 6.29. The van der Waals surface area contributed by atoms with Crippen LogP contribution in [0.3, 0.4) is 0 Å². The maximum Gasteiger partial charge on any atom is 0.407 e. The summed E-state index contributed by atoms with van der Waals surface area (Å²) in [5.74, 6) is 0.724. The van der Waals surface area contributed by atoms with Crippen LogP contribution in [0.5, 0.6) is 0 Å². The second-order valence-electron chi connectivity index (χ2n) is 4.60. The van der Waals surface area contributed by atoms with Gasteiger partial charge in [-0.3, -0.25) is 0 Å². The van der Waals surface area contributed by atoms with Crippen LogP contribution in [0.4, 0.5) is 16.6 Å². The minimum atomic E-state index is -0.947. The first-order valence-electron chi connectivity index (χ1n) is 5.33. The Labute approximate surface area is 109 Å². The summed E-state index contributed by atoms with van der Waals surface area (Å²) in [7, 11) is 1.56. The molecule has 3 N–H and O–H groups in total. The molecule has 2 rings (SSSR count). The van der Waals surface area contributed by atoms with Gasteiger partial charge in [0.2, 0.25) is 5.95 Å². The van der Waals surface area contributed by atoms with E-state index in [1.807, 2.05) is 11.8 Å². The van der Waals surface area contributed by atoms with E-state index in [9.17, 15) is 4.79 Å². The minimum absolute atomic E-state index is 0.109. The average Bonchev–Trinajstić information content (AvgIpc) is 2.22. The molecule has 0 unspecified atom stereocenters. The summed E-state index contributed by atoms with van der Waals surface area (Å²) in [5, 5.41) is 9.24. The Kier molecular flexibility index (Phi) is 2.94. The van der Waals surface area contributed by atoms with Crippen molar-refractivity contribution in [3.8, 4) is 0 Å². The van der Waals surface area contributed by atoms with E-state index in [1.54, 1.807) is 13.1 Å². The van der Waals surface area contributed by atoms with Gasteiger partial charge in [0.05, 0.1) is 5.54 Å². The van der Waals surface area contributed by atoms with Gasteiger partial charge in [-0.05, 0) is 6.92 Å². The van der Waals surface area contributed by atoms with Crippen molar-refractivity contribution in [3.05, 3.63) is 11.2 Å². The number of anilines is 2. The van der Waals surface area contributed by atoms with E-state index < -0.39 is 11.6 Å². The Hall–Kier alpha value is -1.76. The van der Waals surface area contributed by atoms with Crippen molar-refractivity contribution in [1.82, 2.24) is 14.9 Å². The molecule has 1 aromatic rings. The molecular weight excluding hydrogens is 258 g/mol. The Morgan fingerprint density at radius 2 is 2.22 bits per heavy atom. The standard InChI is InChI=1S/C10H14ClN5O2/c1-10(15(2)9(17)18)4-16(5-10)7-3-6(11)13-8(12)14-7/h3H,4-5H2,1-2H3,(H,17,18)(H2,12,13,14). The molecule has 7 nitrogen and oxygen atoms in total. The van der Waals surface area contributed by atoms with Gasteiger partial charge in [0, 0.05) is 26.2 Å². The third-order valence-corrected chi connectivity index (χ3v) is 3.38. The second-order valence-corrected chi connectivity index (χ2v) is 4.99. The molecule has 1 amide bonds. The Morgan fingerprint density at radius 1 is 1.61 bits per heavy atom. The fourth-order valence-corrected chi connectivity index (χ4v) is 2.15. The fourth-order valence-electron chi connectivity index (χ4n) is 1.97. The number of halogens is 1. The van der Waals surface area contributed by atoms with Crippen molar-refractivity contribution in [1.29, 1.82) is 0 Å². The van der Waals surface area contributed by atoms with Crippen molar-refractivity contribution in [2.45, 2.75) is 12.5 Å². The van der Waals surface area contributed by atoms with Crippen LogP contribution in [0.2, 0.25) is 5.15 Å². The molecule has 1 aliphatic rings. The summed E-state index contributed by atoms with van der Waals surface area (Å²) in [6.07, 6.45) is -0.947. The SMILES string of the molecule is CN(C(=O)O)C1(C)CN(c2cc(Cl)nc(N)n2)C1. The maximum atomic E-state index is 10.9. The lowest BCUT2D eigenvalue weighted by Gasteiger charge is -2.52. The smallest absolute Gasteiger partial charge is 0.407 e. The molecule has 0 radical (unpaired) electrons. The van der Waals surface area contributed by atoms with Crippen molar-refractivity contribution < 1.29 is 9.90 Å². The van der Waals surface area contributed by atoms with E-state index in [0.717, 1.165) is 0 Å². The van der Waals surface area contributed by atoms with Crippen molar-refractivity contribution in [2.75, 3.05) is 30.8 Å².